The number of esters is 1. The van der Waals surface area contributed by atoms with E-state index in [-0.39, 0.29) is 18.5 Å². The van der Waals surface area contributed by atoms with E-state index in [0.29, 0.717) is 151 Å². The summed E-state index contributed by atoms with van der Waals surface area (Å²) in [5, 5.41) is 2.71. The van der Waals surface area contributed by atoms with Gasteiger partial charge in [-0.05, 0) is 30.7 Å². The fourth-order valence-corrected chi connectivity index (χ4v) is 4.12. The lowest BCUT2D eigenvalue weighted by atomic mass is 10.2. The molecule has 1 aromatic carbocycles. The third-order valence-electron chi connectivity index (χ3n) is 6.74. The maximum atomic E-state index is 11.6. The molecule has 0 fully saturated rings. The summed E-state index contributed by atoms with van der Waals surface area (Å²) in [6.45, 7) is 13.8. The SMILES string of the molecule is CCCCCCC(=O)OCCOCCOCCOCCOCCOCCOCCOCCOCCOCCOCCOc1ccc(NC(C)=O)cc1. The quantitative estimate of drug-likeness (QED) is 0.0766. The van der Waals surface area contributed by atoms with E-state index in [1.165, 1.54) is 6.92 Å². The van der Waals surface area contributed by atoms with E-state index in [1.807, 2.05) is 0 Å². The molecular formula is C37H65NO14. The van der Waals surface area contributed by atoms with Gasteiger partial charge in [0.25, 0.3) is 0 Å². The second kappa shape index (κ2) is 38.3. The van der Waals surface area contributed by atoms with Gasteiger partial charge in [-0.25, -0.2) is 0 Å². The Balaban J connectivity index is 1.66. The zero-order chi connectivity index (χ0) is 37.4. The molecule has 0 unspecified atom stereocenters. The van der Waals surface area contributed by atoms with E-state index in [2.05, 4.69) is 12.2 Å². The molecule has 15 heteroatoms. The maximum Gasteiger partial charge on any atom is 0.305 e. The predicted molar refractivity (Wildman–Crippen MR) is 194 cm³/mol. The molecular weight excluding hydrogens is 682 g/mol. The first kappa shape index (κ1) is 47.6. The first-order chi connectivity index (χ1) is 25.6. The number of hydrogen-bond acceptors (Lipinski definition) is 14. The summed E-state index contributed by atoms with van der Waals surface area (Å²) in [5.41, 5.74) is 0.729. The lowest BCUT2D eigenvalue weighted by Gasteiger charge is -2.09. The molecule has 0 saturated heterocycles. The fourth-order valence-electron chi connectivity index (χ4n) is 4.12. The van der Waals surface area contributed by atoms with Crippen LogP contribution in [0.5, 0.6) is 5.75 Å². The Bertz CT molecular complexity index is 924. The van der Waals surface area contributed by atoms with Gasteiger partial charge in [-0.2, -0.15) is 0 Å². The largest absolute Gasteiger partial charge is 0.491 e. The molecule has 0 aliphatic heterocycles. The molecule has 1 aromatic rings. The second-order valence-corrected chi connectivity index (χ2v) is 11.2. The Hall–Kier alpha value is -2.44. The van der Waals surface area contributed by atoms with Crippen LogP contribution in [-0.2, 0) is 61.7 Å². The Labute approximate surface area is 310 Å². The number of carbonyl (C=O) groups is 2. The van der Waals surface area contributed by atoms with Crippen LogP contribution >= 0.6 is 0 Å². The number of carbonyl (C=O) groups excluding carboxylic acids is 2. The molecule has 0 spiro atoms. The van der Waals surface area contributed by atoms with E-state index >= 15 is 0 Å². The van der Waals surface area contributed by atoms with Gasteiger partial charge >= 0.3 is 5.97 Å². The number of hydrogen-bond donors (Lipinski definition) is 1. The smallest absolute Gasteiger partial charge is 0.305 e. The molecule has 0 radical (unpaired) electrons. The number of amides is 1. The first-order valence-electron chi connectivity index (χ1n) is 18.5. The number of ether oxygens (including phenoxy) is 12. The normalized spacial score (nSPS) is 11.2. The van der Waals surface area contributed by atoms with Gasteiger partial charge in [0.15, 0.2) is 0 Å². The highest BCUT2D eigenvalue weighted by molar-refractivity contribution is 5.88. The zero-order valence-electron chi connectivity index (χ0n) is 31.6. The molecule has 0 saturated carbocycles. The molecule has 0 aliphatic carbocycles. The highest BCUT2D eigenvalue weighted by Crippen LogP contribution is 2.15. The molecule has 0 aliphatic rings. The van der Waals surface area contributed by atoms with E-state index < -0.39 is 0 Å². The number of unbranched alkanes of at least 4 members (excludes halogenated alkanes) is 3. The number of anilines is 1. The average molecular weight is 748 g/mol. The van der Waals surface area contributed by atoms with Crippen molar-refractivity contribution in [2.24, 2.45) is 0 Å². The van der Waals surface area contributed by atoms with Crippen molar-refractivity contribution in [1.29, 1.82) is 0 Å². The van der Waals surface area contributed by atoms with Crippen molar-refractivity contribution < 1.29 is 66.4 Å². The molecule has 1 N–H and O–H groups in total. The molecule has 15 nitrogen and oxygen atoms in total. The highest BCUT2D eigenvalue weighted by atomic mass is 16.6. The number of nitrogens with one attached hydrogen (secondary N) is 1. The van der Waals surface area contributed by atoms with Crippen molar-refractivity contribution in [3.63, 3.8) is 0 Å². The summed E-state index contributed by atoms with van der Waals surface area (Å²) in [4.78, 5) is 22.6. The highest BCUT2D eigenvalue weighted by Gasteiger charge is 2.03. The van der Waals surface area contributed by atoms with Gasteiger partial charge in [0.05, 0.1) is 132 Å². The molecule has 1 amide bonds. The Morgan fingerprint density at radius 1 is 0.462 bits per heavy atom. The summed E-state index contributed by atoms with van der Waals surface area (Å²) in [5.74, 6) is 0.447. The van der Waals surface area contributed by atoms with Crippen LogP contribution in [0.4, 0.5) is 5.69 Å². The monoisotopic (exact) mass is 747 g/mol. The van der Waals surface area contributed by atoms with Crippen molar-refractivity contribution in [2.45, 2.75) is 46.0 Å². The van der Waals surface area contributed by atoms with Crippen molar-refractivity contribution in [2.75, 3.05) is 151 Å². The van der Waals surface area contributed by atoms with Gasteiger partial charge in [-0.1, -0.05) is 26.2 Å². The van der Waals surface area contributed by atoms with Crippen LogP contribution in [-0.4, -0.2) is 157 Å². The van der Waals surface area contributed by atoms with Gasteiger partial charge < -0.3 is 62.2 Å². The second-order valence-electron chi connectivity index (χ2n) is 11.2. The Morgan fingerprint density at radius 2 is 0.808 bits per heavy atom. The summed E-state index contributed by atoms with van der Waals surface area (Å²) >= 11 is 0. The molecule has 52 heavy (non-hydrogen) atoms. The molecule has 0 aromatic heterocycles. The minimum atomic E-state index is -0.156. The van der Waals surface area contributed by atoms with Crippen LogP contribution in [0.15, 0.2) is 24.3 Å². The third kappa shape index (κ3) is 34.6. The van der Waals surface area contributed by atoms with E-state index in [0.717, 1.165) is 31.4 Å². The lowest BCUT2D eigenvalue weighted by molar-refractivity contribution is -0.145. The first-order valence-corrected chi connectivity index (χ1v) is 18.5. The van der Waals surface area contributed by atoms with E-state index in [1.54, 1.807) is 24.3 Å². The van der Waals surface area contributed by atoms with E-state index in [4.69, 9.17) is 56.8 Å². The minimum Gasteiger partial charge on any atom is -0.491 e. The summed E-state index contributed by atoms with van der Waals surface area (Å²) < 4.78 is 65.5. The van der Waals surface area contributed by atoms with E-state index in [9.17, 15) is 9.59 Å². The third-order valence-corrected chi connectivity index (χ3v) is 6.74. The summed E-state index contributed by atoms with van der Waals surface area (Å²) in [6.07, 6.45) is 4.74. The van der Waals surface area contributed by atoms with Gasteiger partial charge in [0.2, 0.25) is 5.91 Å². The molecule has 1 rings (SSSR count). The topological polar surface area (TPSA) is 157 Å². The van der Waals surface area contributed by atoms with Crippen LogP contribution in [0.3, 0.4) is 0 Å². The fraction of sp³-hybridized carbons (Fsp3) is 0.784. The summed E-state index contributed by atoms with van der Waals surface area (Å²) in [6, 6.07) is 7.17. The molecule has 302 valence electrons. The summed E-state index contributed by atoms with van der Waals surface area (Å²) in [7, 11) is 0. The van der Waals surface area contributed by atoms with Crippen molar-refractivity contribution in [1.82, 2.24) is 0 Å². The van der Waals surface area contributed by atoms with Gasteiger partial charge in [0.1, 0.15) is 19.0 Å². The van der Waals surface area contributed by atoms with Crippen molar-refractivity contribution in [3.05, 3.63) is 24.3 Å². The molecule has 0 bridgehead atoms. The van der Waals surface area contributed by atoms with Gasteiger partial charge in [0, 0.05) is 19.0 Å². The zero-order valence-corrected chi connectivity index (χ0v) is 31.6. The maximum absolute atomic E-state index is 11.6. The molecule has 0 atom stereocenters. The average Bonchev–Trinajstić information content (AvgIpc) is 3.14. The Kier molecular flexibility index (Phi) is 35.0. The van der Waals surface area contributed by atoms with Crippen molar-refractivity contribution >= 4 is 17.6 Å². The Morgan fingerprint density at radius 3 is 1.15 bits per heavy atom. The molecule has 0 heterocycles. The van der Waals surface area contributed by atoms with Gasteiger partial charge in [-0.3, -0.25) is 9.59 Å². The van der Waals surface area contributed by atoms with Crippen LogP contribution in [0, 0.1) is 0 Å². The van der Waals surface area contributed by atoms with Crippen molar-refractivity contribution in [3.8, 4) is 5.75 Å². The minimum absolute atomic E-state index is 0.110. The standard InChI is InChI=1S/C37H65NO14/c1-3-4-5-6-7-37(40)52-33-31-50-29-27-48-25-23-46-21-19-44-17-15-42-13-12-41-14-16-43-18-20-45-22-24-47-26-28-49-30-32-51-36-10-8-35(9-11-36)38-34(2)39/h8-11H,3-7,12-33H2,1-2H3,(H,38,39). The van der Waals surface area contributed by atoms with Crippen LogP contribution in [0.1, 0.15) is 46.0 Å². The van der Waals surface area contributed by atoms with Crippen LogP contribution < -0.4 is 10.1 Å². The van der Waals surface area contributed by atoms with Crippen LogP contribution in [0.25, 0.3) is 0 Å². The number of rotatable bonds is 40. The van der Waals surface area contributed by atoms with Gasteiger partial charge in [-0.15, -0.1) is 0 Å². The number of benzene rings is 1. The lowest BCUT2D eigenvalue weighted by Crippen LogP contribution is -2.15. The van der Waals surface area contributed by atoms with Crippen LogP contribution in [0.2, 0.25) is 0 Å². The predicted octanol–water partition coefficient (Wildman–Crippen LogP) is 3.70.